The van der Waals surface area contributed by atoms with Crippen molar-refractivity contribution in [3.8, 4) is 5.75 Å². The van der Waals surface area contributed by atoms with Gasteiger partial charge in [-0.3, -0.25) is 9.59 Å². The summed E-state index contributed by atoms with van der Waals surface area (Å²) in [7, 11) is 0. The number of ether oxygens (including phenoxy) is 2. The molecule has 0 unspecified atom stereocenters. The van der Waals surface area contributed by atoms with Crippen molar-refractivity contribution >= 4 is 23.3 Å². The summed E-state index contributed by atoms with van der Waals surface area (Å²) in [4.78, 5) is 37.2. The molecule has 0 aliphatic carbocycles. The van der Waals surface area contributed by atoms with Crippen LogP contribution in [0.15, 0.2) is 48.5 Å². The maximum absolute atomic E-state index is 13.4. The summed E-state index contributed by atoms with van der Waals surface area (Å²) in [5, 5.41) is 0. The summed E-state index contributed by atoms with van der Waals surface area (Å²) in [5.41, 5.74) is 1.11. The molecule has 0 atom stereocenters. The molecular weight excluding hydrogens is 353 g/mol. The summed E-state index contributed by atoms with van der Waals surface area (Å²) in [6, 6.07) is 12.2. The van der Waals surface area contributed by atoms with Crippen molar-refractivity contribution in [3.63, 3.8) is 0 Å². The molecule has 140 valence electrons. The minimum absolute atomic E-state index is 0.0622. The lowest BCUT2D eigenvalue weighted by Crippen LogP contribution is -2.23. The van der Waals surface area contributed by atoms with Crippen LogP contribution in [0.2, 0.25) is 0 Å². The van der Waals surface area contributed by atoms with Crippen molar-refractivity contribution in [3.05, 3.63) is 59.9 Å². The molecule has 2 aromatic carbocycles. The number of rotatable bonds is 7. The largest absolute Gasteiger partial charge is 0.479 e. The molecule has 7 heteroatoms. The number of halogens is 1. The standard InChI is InChI=1S/C20H18FNO5/c21-16-4-1-2-5-18(16)26-13-20(25)27-12-17(23)14-7-9-15(10-8-14)22-11-3-6-19(22)24/h1-2,4-5,7-10H,3,6,11-13H2. The molecule has 1 aliphatic rings. The highest BCUT2D eigenvalue weighted by Gasteiger charge is 2.21. The van der Waals surface area contributed by atoms with E-state index < -0.39 is 25.0 Å². The second-order valence-corrected chi connectivity index (χ2v) is 6.00. The number of esters is 1. The van der Waals surface area contributed by atoms with Crippen LogP contribution in [-0.2, 0) is 14.3 Å². The molecule has 6 nitrogen and oxygen atoms in total. The molecule has 3 rings (SSSR count). The second-order valence-electron chi connectivity index (χ2n) is 6.00. The van der Waals surface area contributed by atoms with Crippen molar-refractivity contribution in [1.82, 2.24) is 0 Å². The molecule has 1 amide bonds. The van der Waals surface area contributed by atoms with Crippen LogP contribution in [-0.4, -0.2) is 37.4 Å². The van der Waals surface area contributed by atoms with E-state index in [0.717, 1.165) is 12.1 Å². The first-order chi connectivity index (χ1) is 13.0. The van der Waals surface area contributed by atoms with Gasteiger partial charge in [-0.05, 0) is 42.8 Å². The number of ketones is 1. The Morgan fingerprint density at radius 3 is 2.44 bits per heavy atom. The Hall–Kier alpha value is -3.22. The van der Waals surface area contributed by atoms with Crippen LogP contribution >= 0.6 is 0 Å². The third kappa shape index (κ3) is 4.69. The zero-order chi connectivity index (χ0) is 19.2. The van der Waals surface area contributed by atoms with Crippen molar-refractivity contribution in [2.75, 3.05) is 24.7 Å². The maximum atomic E-state index is 13.4. The lowest BCUT2D eigenvalue weighted by Gasteiger charge is -2.15. The minimum Gasteiger partial charge on any atom is -0.479 e. The van der Waals surface area contributed by atoms with Gasteiger partial charge in [-0.25, -0.2) is 9.18 Å². The minimum atomic E-state index is -0.772. The first kappa shape index (κ1) is 18.6. The predicted octanol–water partition coefficient (Wildman–Crippen LogP) is 2.76. The van der Waals surface area contributed by atoms with Crippen molar-refractivity contribution in [1.29, 1.82) is 0 Å². The molecule has 27 heavy (non-hydrogen) atoms. The van der Waals surface area contributed by atoms with E-state index in [-0.39, 0.29) is 17.4 Å². The van der Waals surface area contributed by atoms with Gasteiger partial charge in [0.1, 0.15) is 0 Å². The Kier molecular flexibility index (Phi) is 5.80. The van der Waals surface area contributed by atoms with E-state index in [2.05, 4.69) is 0 Å². The average Bonchev–Trinajstić information content (AvgIpc) is 3.11. The fourth-order valence-electron chi connectivity index (χ4n) is 2.72. The molecule has 1 heterocycles. The highest BCUT2D eigenvalue weighted by Crippen LogP contribution is 2.21. The fraction of sp³-hybridized carbons (Fsp3) is 0.250. The van der Waals surface area contributed by atoms with E-state index in [4.69, 9.17) is 9.47 Å². The molecule has 0 radical (unpaired) electrons. The van der Waals surface area contributed by atoms with E-state index in [9.17, 15) is 18.8 Å². The molecular formula is C20H18FNO5. The molecule has 0 N–H and O–H groups in total. The van der Waals surface area contributed by atoms with Gasteiger partial charge in [0, 0.05) is 24.2 Å². The molecule has 1 fully saturated rings. The molecule has 1 saturated heterocycles. The van der Waals surface area contributed by atoms with Crippen molar-refractivity contribution in [2.45, 2.75) is 12.8 Å². The van der Waals surface area contributed by atoms with Crippen LogP contribution < -0.4 is 9.64 Å². The van der Waals surface area contributed by atoms with Gasteiger partial charge in [-0.2, -0.15) is 0 Å². The topological polar surface area (TPSA) is 72.9 Å². The Morgan fingerprint density at radius 1 is 1.04 bits per heavy atom. The number of para-hydroxylation sites is 1. The molecule has 2 aromatic rings. The van der Waals surface area contributed by atoms with Gasteiger partial charge < -0.3 is 14.4 Å². The van der Waals surface area contributed by atoms with Crippen molar-refractivity contribution < 1.29 is 28.2 Å². The lowest BCUT2D eigenvalue weighted by atomic mass is 10.1. The van der Waals surface area contributed by atoms with Gasteiger partial charge in [0.15, 0.2) is 30.6 Å². The van der Waals surface area contributed by atoms with E-state index in [0.29, 0.717) is 18.5 Å². The van der Waals surface area contributed by atoms with Gasteiger partial charge in [-0.15, -0.1) is 0 Å². The molecule has 0 aromatic heterocycles. The number of benzene rings is 2. The number of carbonyl (C=O) groups excluding carboxylic acids is 3. The number of hydrogen-bond acceptors (Lipinski definition) is 5. The van der Waals surface area contributed by atoms with Crippen LogP contribution in [0.4, 0.5) is 10.1 Å². The predicted molar refractivity (Wildman–Crippen MR) is 95.2 cm³/mol. The Balaban J connectivity index is 1.48. The van der Waals surface area contributed by atoms with Crippen LogP contribution in [0, 0.1) is 5.82 Å². The monoisotopic (exact) mass is 371 g/mol. The van der Waals surface area contributed by atoms with E-state index in [1.54, 1.807) is 35.2 Å². The number of anilines is 1. The fourth-order valence-corrected chi connectivity index (χ4v) is 2.72. The average molecular weight is 371 g/mol. The molecule has 0 spiro atoms. The number of hydrogen-bond donors (Lipinski definition) is 0. The quantitative estimate of drug-likeness (QED) is 0.553. The van der Waals surface area contributed by atoms with Gasteiger partial charge in [0.25, 0.3) is 0 Å². The summed E-state index contributed by atoms with van der Waals surface area (Å²) < 4.78 is 23.3. The number of Topliss-reactive ketones (excluding diaryl/α,β-unsaturated/α-hetero) is 1. The third-order valence-corrected chi connectivity index (χ3v) is 4.12. The van der Waals surface area contributed by atoms with E-state index in [1.165, 1.54) is 18.2 Å². The van der Waals surface area contributed by atoms with Gasteiger partial charge in [0.2, 0.25) is 5.91 Å². The SMILES string of the molecule is O=C(COc1ccccc1F)OCC(=O)c1ccc(N2CCCC2=O)cc1. The Labute approximate surface area is 155 Å². The second kappa shape index (κ2) is 8.44. The Bertz CT molecular complexity index is 850. The first-order valence-electron chi connectivity index (χ1n) is 8.51. The van der Waals surface area contributed by atoms with Gasteiger partial charge >= 0.3 is 5.97 Å². The highest BCUT2D eigenvalue weighted by atomic mass is 19.1. The van der Waals surface area contributed by atoms with Crippen LogP contribution in [0.25, 0.3) is 0 Å². The molecule has 1 aliphatic heterocycles. The lowest BCUT2D eigenvalue weighted by molar-refractivity contribution is -0.144. The summed E-state index contributed by atoms with van der Waals surface area (Å²) >= 11 is 0. The van der Waals surface area contributed by atoms with Crippen molar-refractivity contribution in [2.24, 2.45) is 0 Å². The summed E-state index contributed by atoms with van der Waals surface area (Å²) in [6.07, 6.45) is 1.36. The Morgan fingerprint density at radius 2 is 1.78 bits per heavy atom. The summed E-state index contributed by atoms with van der Waals surface area (Å²) in [6.45, 7) is -0.266. The van der Waals surface area contributed by atoms with E-state index >= 15 is 0 Å². The summed E-state index contributed by atoms with van der Waals surface area (Å²) in [5.74, 6) is -1.73. The maximum Gasteiger partial charge on any atom is 0.344 e. The number of carbonyl (C=O) groups is 3. The van der Waals surface area contributed by atoms with E-state index in [1.807, 2.05) is 0 Å². The molecule has 0 saturated carbocycles. The zero-order valence-corrected chi connectivity index (χ0v) is 14.5. The molecule has 0 bridgehead atoms. The van der Waals surface area contributed by atoms with Crippen LogP contribution in [0.3, 0.4) is 0 Å². The zero-order valence-electron chi connectivity index (χ0n) is 14.5. The highest BCUT2D eigenvalue weighted by molar-refractivity contribution is 5.99. The number of amides is 1. The van der Waals surface area contributed by atoms with Crippen LogP contribution in [0.5, 0.6) is 5.75 Å². The van der Waals surface area contributed by atoms with Gasteiger partial charge in [0.05, 0.1) is 0 Å². The number of nitrogens with zero attached hydrogens (tertiary/aromatic N) is 1. The normalized spacial score (nSPS) is 13.5. The van der Waals surface area contributed by atoms with Gasteiger partial charge in [-0.1, -0.05) is 12.1 Å². The van der Waals surface area contributed by atoms with Crippen LogP contribution in [0.1, 0.15) is 23.2 Å². The smallest absolute Gasteiger partial charge is 0.344 e. The third-order valence-electron chi connectivity index (χ3n) is 4.12. The first-order valence-corrected chi connectivity index (χ1v) is 8.51.